The number of nitrogens with zero attached hydrogens (tertiary/aromatic N) is 1. The molecule has 2 aliphatic heterocycles. The first-order valence-corrected chi connectivity index (χ1v) is 6.88. The van der Waals surface area contributed by atoms with Crippen LogP contribution in [0.3, 0.4) is 0 Å². The SMILES string of the molecule is CCCCOc1cc2c3c(c1)CCN3C(=O)CC2. The summed E-state index contributed by atoms with van der Waals surface area (Å²) in [6.45, 7) is 3.80. The molecule has 18 heavy (non-hydrogen) atoms. The van der Waals surface area contributed by atoms with Gasteiger partial charge in [-0.05, 0) is 42.5 Å². The van der Waals surface area contributed by atoms with Crippen molar-refractivity contribution in [1.82, 2.24) is 0 Å². The highest BCUT2D eigenvalue weighted by Crippen LogP contribution is 2.39. The lowest BCUT2D eigenvalue weighted by molar-refractivity contribution is -0.118. The first-order chi connectivity index (χ1) is 8.79. The molecule has 3 nitrogen and oxygen atoms in total. The first kappa shape index (κ1) is 11.6. The molecule has 96 valence electrons. The van der Waals surface area contributed by atoms with Crippen LogP contribution in [0.4, 0.5) is 5.69 Å². The highest BCUT2D eigenvalue weighted by molar-refractivity contribution is 5.98. The fourth-order valence-electron chi connectivity index (χ4n) is 2.84. The Morgan fingerprint density at radius 2 is 2.00 bits per heavy atom. The van der Waals surface area contributed by atoms with Gasteiger partial charge in [-0.3, -0.25) is 4.79 Å². The van der Waals surface area contributed by atoms with Crippen LogP contribution in [0.1, 0.15) is 37.3 Å². The molecular formula is C15H19NO2. The molecule has 0 fully saturated rings. The van der Waals surface area contributed by atoms with E-state index in [-0.39, 0.29) is 5.91 Å². The van der Waals surface area contributed by atoms with E-state index in [0.717, 1.165) is 44.6 Å². The summed E-state index contributed by atoms with van der Waals surface area (Å²) < 4.78 is 5.80. The Morgan fingerprint density at radius 1 is 1.22 bits per heavy atom. The fraction of sp³-hybridized carbons (Fsp3) is 0.533. The zero-order valence-electron chi connectivity index (χ0n) is 10.9. The molecule has 3 heteroatoms. The number of unbranched alkanes of at least 4 members (excludes halogenated alkanes) is 1. The number of ether oxygens (including phenoxy) is 1. The lowest BCUT2D eigenvalue weighted by Crippen LogP contribution is -2.32. The molecule has 3 rings (SSSR count). The van der Waals surface area contributed by atoms with E-state index in [9.17, 15) is 4.79 Å². The Labute approximate surface area is 108 Å². The molecule has 1 amide bonds. The predicted molar refractivity (Wildman–Crippen MR) is 71.2 cm³/mol. The Hall–Kier alpha value is -1.51. The number of carbonyl (C=O) groups excluding carboxylic acids is 1. The van der Waals surface area contributed by atoms with E-state index in [1.165, 1.54) is 16.8 Å². The number of hydrogen-bond acceptors (Lipinski definition) is 2. The van der Waals surface area contributed by atoms with Gasteiger partial charge in [0.05, 0.1) is 12.3 Å². The molecule has 0 unspecified atom stereocenters. The van der Waals surface area contributed by atoms with Gasteiger partial charge >= 0.3 is 0 Å². The highest BCUT2D eigenvalue weighted by Gasteiger charge is 2.31. The average Bonchev–Trinajstić information content (AvgIpc) is 2.80. The van der Waals surface area contributed by atoms with Crippen molar-refractivity contribution in [2.75, 3.05) is 18.1 Å². The lowest BCUT2D eigenvalue weighted by Gasteiger charge is -2.25. The minimum Gasteiger partial charge on any atom is -0.494 e. The number of benzene rings is 1. The van der Waals surface area contributed by atoms with Gasteiger partial charge in [-0.2, -0.15) is 0 Å². The van der Waals surface area contributed by atoms with Crippen LogP contribution in [0, 0.1) is 0 Å². The molecule has 0 spiro atoms. The van der Waals surface area contributed by atoms with Crippen LogP contribution < -0.4 is 9.64 Å². The third-order valence-electron chi connectivity index (χ3n) is 3.79. The van der Waals surface area contributed by atoms with E-state index in [2.05, 4.69) is 19.1 Å². The third kappa shape index (κ3) is 1.88. The van der Waals surface area contributed by atoms with Crippen molar-refractivity contribution in [3.05, 3.63) is 23.3 Å². The van der Waals surface area contributed by atoms with E-state index in [1.54, 1.807) is 0 Å². The van der Waals surface area contributed by atoms with Gasteiger partial charge in [0.25, 0.3) is 0 Å². The molecule has 1 aromatic carbocycles. The molecule has 2 heterocycles. The van der Waals surface area contributed by atoms with Gasteiger partial charge in [0, 0.05) is 13.0 Å². The molecule has 1 aromatic rings. The molecule has 0 bridgehead atoms. The normalized spacial score (nSPS) is 16.9. The Balaban J connectivity index is 1.87. The maximum Gasteiger partial charge on any atom is 0.227 e. The lowest BCUT2D eigenvalue weighted by atomic mass is 9.99. The smallest absolute Gasteiger partial charge is 0.227 e. The van der Waals surface area contributed by atoms with Crippen molar-refractivity contribution >= 4 is 11.6 Å². The summed E-state index contributed by atoms with van der Waals surface area (Å²) in [5.74, 6) is 1.26. The number of aryl methyl sites for hydroxylation is 1. The van der Waals surface area contributed by atoms with Crippen LogP contribution in [0.5, 0.6) is 5.75 Å². The van der Waals surface area contributed by atoms with Gasteiger partial charge in [-0.15, -0.1) is 0 Å². The maximum absolute atomic E-state index is 11.8. The summed E-state index contributed by atoms with van der Waals surface area (Å²) in [5, 5.41) is 0. The Kier molecular flexibility index (Phi) is 2.98. The molecule has 0 atom stereocenters. The maximum atomic E-state index is 11.8. The summed E-state index contributed by atoms with van der Waals surface area (Å²) in [6.07, 6.45) is 4.73. The second-order valence-electron chi connectivity index (χ2n) is 5.09. The zero-order valence-corrected chi connectivity index (χ0v) is 10.9. The van der Waals surface area contributed by atoms with Gasteiger partial charge in [0.1, 0.15) is 5.75 Å². The van der Waals surface area contributed by atoms with Gasteiger partial charge in [0.15, 0.2) is 0 Å². The Morgan fingerprint density at radius 3 is 2.78 bits per heavy atom. The molecule has 0 saturated heterocycles. The number of hydrogen-bond donors (Lipinski definition) is 0. The fourth-order valence-corrected chi connectivity index (χ4v) is 2.84. The summed E-state index contributed by atoms with van der Waals surface area (Å²) in [7, 11) is 0. The van der Waals surface area contributed by atoms with Gasteiger partial charge in [-0.25, -0.2) is 0 Å². The minimum absolute atomic E-state index is 0.279. The molecule has 0 aromatic heterocycles. The second-order valence-corrected chi connectivity index (χ2v) is 5.09. The number of anilines is 1. The summed E-state index contributed by atoms with van der Waals surface area (Å²) >= 11 is 0. The molecule has 0 radical (unpaired) electrons. The van der Waals surface area contributed by atoms with Crippen LogP contribution in [-0.4, -0.2) is 19.1 Å². The van der Waals surface area contributed by atoms with Gasteiger partial charge in [-0.1, -0.05) is 13.3 Å². The predicted octanol–water partition coefficient (Wildman–Crippen LogP) is 2.70. The molecule has 0 aliphatic carbocycles. The van der Waals surface area contributed by atoms with Crippen LogP contribution >= 0.6 is 0 Å². The van der Waals surface area contributed by atoms with E-state index in [0.29, 0.717) is 6.42 Å². The first-order valence-electron chi connectivity index (χ1n) is 6.88. The summed E-state index contributed by atoms with van der Waals surface area (Å²) in [6, 6.07) is 4.24. The number of amides is 1. The molecule has 0 saturated carbocycles. The Bertz CT molecular complexity index is 482. The largest absolute Gasteiger partial charge is 0.494 e. The third-order valence-corrected chi connectivity index (χ3v) is 3.79. The van der Waals surface area contributed by atoms with Crippen molar-refractivity contribution in [1.29, 1.82) is 0 Å². The van der Waals surface area contributed by atoms with E-state index >= 15 is 0 Å². The van der Waals surface area contributed by atoms with E-state index in [4.69, 9.17) is 4.74 Å². The van der Waals surface area contributed by atoms with Crippen molar-refractivity contribution in [3.8, 4) is 5.75 Å². The van der Waals surface area contributed by atoms with Crippen LogP contribution in [-0.2, 0) is 17.6 Å². The molecule has 0 N–H and O–H groups in total. The van der Waals surface area contributed by atoms with Crippen LogP contribution in [0.2, 0.25) is 0 Å². The minimum atomic E-state index is 0.279. The quantitative estimate of drug-likeness (QED) is 0.763. The molecular weight excluding hydrogens is 226 g/mol. The van der Waals surface area contributed by atoms with Crippen LogP contribution in [0.15, 0.2) is 12.1 Å². The monoisotopic (exact) mass is 245 g/mol. The molecule has 2 aliphatic rings. The van der Waals surface area contributed by atoms with Crippen molar-refractivity contribution in [2.45, 2.75) is 39.0 Å². The van der Waals surface area contributed by atoms with Crippen molar-refractivity contribution in [3.63, 3.8) is 0 Å². The van der Waals surface area contributed by atoms with Crippen molar-refractivity contribution < 1.29 is 9.53 Å². The van der Waals surface area contributed by atoms with Gasteiger partial charge in [0.2, 0.25) is 5.91 Å². The summed E-state index contributed by atoms with van der Waals surface area (Å²) in [4.78, 5) is 13.8. The topological polar surface area (TPSA) is 29.5 Å². The highest BCUT2D eigenvalue weighted by atomic mass is 16.5. The van der Waals surface area contributed by atoms with E-state index < -0.39 is 0 Å². The van der Waals surface area contributed by atoms with Gasteiger partial charge < -0.3 is 9.64 Å². The average molecular weight is 245 g/mol. The van der Waals surface area contributed by atoms with Crippen molar-refractivity contribution in [2.24, 2.45) is 0 Å². The van der Waals surface area contributed by atoms with E-state index in [1.807, 2.05) is 4.90 Å². The second kappa shape index (κ2) is 4.63. The number of rotatable bonds is 4. The standard InChI is InChI=1S/C15H19NO2/c1-2-3-8-18-13-9-11-4-5-14(17)16-7-6-12(10-13)15(11)16/h9-10H,2-8H2,1H3. The number of carbonyl (C=O) groups is 1. The zero-order chi connectivity index (χ0) is 12.5. The van der Waals surface area contributed by atoms with Crippen LogP contribution in [0.25, 0.3) is 0 Å². The summed E-state index contributed by atoms with van der Waals surface area (Å²) in [5.41, 5.74) is 3.75.